The summed E-state index contributed by atoms with van der Waals surface area (Å²) < 4.78 is 3.84. The molecule has 1 aliphatic heterocycles. The summed E-state index contributed by atoms with van der Waals surface area (Å²) >= 11 is 3.50. The fourth-order valence-corrected chi connectivity index (χ4v) is 5.96. The maximum atomic E-state index is 13.9. The molecular weight excluding hydrogens is 624 g/mol. The number of fused-ring (bicyclic) bond motifs is 2. The van der Waals surface area contributed by atoms with E-state index in [9.17, 15) is 14.7 Å². The van der Waals surface area contributed by atoms with Crippen LogP contribution in [-0.4, -0.2) is 47.5 Å². The topological polar surface area (TPSA) is 126 Å². The van der Waals surface area contributed by atoms with E-state index in [0.29, 0.717) is 41.7 Å². The molecule has 1 aliphatic rings. The fourth-order valence-electron chi connectivity index (χ4n) is 5.60. The minimum Gasteiger partial charge on any atom is -0.396 e. The van der Waals surface area contributed by atoms with E-state index in [1.165, 1.54) is 4.68 Å². The van der Waals surface area contributed by atoms with Crippen LogP contribution in [0, 0.1) is 5.92 Å². The Morgan fingerprint density at radius 3 is 2.66 bits per heavy atom. The third-order valence-corrected chi connectivity index (χ3v) is 8.50. The van der Waals surface area contributed by atoms with E-state index in [4.69, 9.17) is 5.11 Å². The molecule has 0 bridgehead atoms. The van der Waals surface area contributed by atoms with Crippen molar-refractivity contribution in [1.29, 1.82) is 0 Å². The number of carbonyl (C=O) groups is 1. The Morgan fingerprint density at radius 1 is 1.07 bits per heavy atom. The average Bonchev–Trinajstić information content (AvgIpc) is 3.57. The minimum atomic E-state index is -1.75. The molecule has 0 unspecified atom stereocenters. The molecule has 5 aromatic rings. The molecule has 224 valence electrons. The number of allylic oxidation sites excluding steroid dienone is 1. The summed E-state index contributed by atoms with van der Waals surface area (Å²) in [5, 5.41) is 34.9. The third kappa shape index (κ3) is 5.49. The van der Waals surface area contributed by atoms with Crippen LogP contribution in [-0.2, 0) is 29.9 Å². The van der Waals surface area contributed by atoms with Gasteiger partial charge in [0, 0.05) is 47.1 Å². The highest BCUT2D eigenvalue weighted by Crippen LogP contribution is 2.46. The van der Waals surface area contributed by atoms with Gasteiger partial charge in [-0.05, 0) is 48.4 Å². The van der Waals surface area contributed by atoms with Crippen molar-refractivity contribution >= 4 is 38.3 Å². The molecule has 3 heterocycles. The monoisotopic (exact) mass is 654 g/mol. The molecule has 0 saturated heterocycles. The number of anilines is 1. The first-order valence-electron chi connectivity index (χ1n) is 14.4. The summed E-state index contributed by atoms with van der Waals surface area (Å²) in [7, 11) is 0. The van der Waals surface area contributed by atoms with Crippen molar-refractivity contribution in [2.45, 2.75) is 38.5 Å². The summed E-state index contributed by atoms with van der Waals surface area (Å²) in [6.07, 6.45) is 8.36. The predicted octanol–water partition coefficient (Wildman–Crippen LogP) is 4.29. The molecule has 0 spiro atoms. The summed E-state index contributed by atoms with van der Waals surface area (Å²) in [4.78, 5) is 28.6. The molecule has 2 atom stereocenters. The Balaban J connectivity index is 1.20. The molecule has 2 aromatic heterocycles. The minimum absolute atomic E-state index is 0.0206. The maximum Gasteiger partial charge on any atom is 0.279 e. The SMILES string of the molecule is C[C@H](/C=C/CCn1cc(CCO)nn1)[C@@]1(O)C(=O)N(Cc2ccc(-n3ncc4ccccc4c3=O)cc2)c2ccc(Br)cc21. The summed E-state index contributed by atoms with van der Waals surface area (Å²) in [5.41, 5.74) is 1.42. The number of benzene rings is 3. The van der Waals surface area contributed by atoms with Gasteiger partial charge in [-0.3, -0.25) is 14.3 Å². The van der Waals surface area contributed by atoms with Crippen LogP contribution < -0.4 is 10.5 Å². The van der Waals surface area contributed by atoms with E-state index in [1.807, 2.05) is 61.5 Å². The lowest BCUT2D eigenvalue weighted by Crippen LogP contribution is -2.44. The van der Waals surface area contributed by atoms with Crippen molar-refractivity contribution in [1.82, 2.24) is 24.8 Å². The molecule has 2 N–H and O–H groups in total. The number of carbonyl (C=O) groups excluding carboxylic acids is 1. The number of hydrogen-bond acceptors (Lipinski definition) is 7. The Kier molecular flexibility index (Phi) is 8.26. The Labute approximate surface area is 262 Å². The van der Waals surface area contributed by atoms with Gasteiger partial charge in [0.2, 0.25) is 0 Å². The van der Waals surface area contributed by atoms with Crippen LogP contribution >= 0.6 is 15.9 Å². The van der Waals surface area contributed by atoms with Crippen molar-refractivity contribution in [2.24, 2.45) is 5.92 Å². The Bertz CT molecular complexity index is 1920. The van der Waals surface area contributed by atoms with Crippen LogP contribution in [0.2, 0.25) is 0 Å². The van der Waals surface area contributed by atoms with E-state index in [0.717, 1.165) is 21.1 Å². The molecule has 0 radical (unpaired) electrons. The predicted molar refractivity (Wildman–Crippen MR) is 170 cm³/mol. The zero-order valence-corrected chi connectivity index (χ0v) is 25.6. The number of aromatic nitrogens is 5. The van der Waals surface area contributed by atoms with Gasteiger partial charge in [0.25, 0.3) is 11.5 Å². The molecule has 10 nitrogen and oxygen atoms in total. The molecule has 0 aliphatic carbocycles. The van der Waals surface area contributed by atoms with Crippen molar-refractivity contribution in [2.75, 3.05) is 11.5 Å². The van der Waals surface area contributed by atoms with Gasteiger partial charge < -0.3 is 15.1 Å². The number of aryl methyl sites for hydroxylation is 1. The van der Waals surface area contributed by atoms with Crippen molar-refractivity contribution in [3.05, 3.63) is 123 Å². The number of nitrogens with zero attached hydrogens (tertiary/aromatic N) is 6. The van der Waals surface area contributed by atoms with Gasteiger partial charge in [0.15, 0.2) is 5.60 Å². The number of aliphatic hydroxyl groups excluding tert-OH is 1. The lowest BCUT2D eigenvalue weighted by Gasteiger charge is -2.27. The zero-order chi connectivity index (χ0) is 30.8. The van der Waals surface area contributed by atoms with Crippen molar-refractivity contribution in [3.8, 4) is 5.69 Å². The van der Waals surface area contributed by atoms with E-state index in [-0.39, 0.29) is 18.7 Å². The highest BCUT2D eigenvalue weighted by atomic mass is 79.9. The maximum absolute atomic E-state index is 13.9. The van der Waals surface area contributed by atoms with E-state index in [2.05, 4.69) is 31.3 Å². The molecule has 11 heteroatoms. The summed E-state index contributed by atoms with van der Waals surface area (Å²) in [6.45, 7) is 2.68. The molecule has 3 aromatic carbocycles. The van der Waals surface area contributed by atoms with Crippen molar-refractivity contribution < 1.29 is 15.0 Å². The molecule has 44 heavy (non-hydrogen) atoms. The van der Waals surface area contributed by atoms with Gasteiger partial charge >= 0.3 is 0 Å². The fraction of sp³-hybridized carbons (Fsp3) is 0.242. The number of amides is 1. The molecule has 1 amide bonds. The van der Waals surface area contributed by atoms with Gasteiger partial charge in [-0.1, -0.05) is 70.6 Å². The highest BCUT2D eigenvalue weighted by molar-refractivity contribution is 9.10. The first-order valence-corrected chi connectivity index (χ1v) is 15.2. The van der Waals surface area contributed by atoms with Crippen LogP contribution in [0.3, 0.4) is 0 Å². The van der Waals surface area contributed by atoms with Crippen LogP contribution in [0.1, 0.15) is 30.2 Å². The Hall–Kier alpha value is -4.45. The van der Waals surface area contributed by atoms with E-state index in [1.54, 1.807) is 46.2 Å². The van der Waals surface area contributed by atoms with Gasteiger partial charge in [0.05, 0.1) is 35.2 Å². The van der Waals surface area contributed by atoms with E-state index < -0.39 is 17.4 Å². The van der Waals surface area contributed by atoms with E-state index >= 15 is 0 Å². The number of halogens is 1. The molecule has 0 fully saturated rings. The number of hydrogen-bond donors (Lipinski definition) is 2. The molecule has 6 rings (SSSR count). The first-order chi connectivity index (χ1) is 21.3. The molecular formula is C33H31BrN6O4. The highest BCUT2D eigenvalue weighted by Gasteiger charge is 2.52. The van der Waals surface area contributed by atoms with Gasteiger partial charge in [-0.2, -0.15) is 9.78 Å². The van der Waals surface area contributed by atoms with Crippen LogP contribution in [0.25, 0.3) is 16.5 Å². The molecule has 0 saturated carbocycles. The van der Waals surface area contributed by atoms with Crippen LogP contribution in [0.4, 0.5) is 5.69 Å². The third-order valence-electron chi connectivity index (χ3n) is 8.01. The van der Waals surface area contributed by atoms with Crippen molar-refractivity contribution in [3.63, 3.8) is 0 Å². The largest absolute Gasteiger partial charge is 0.396 e. The van der Waals surface area contributed by atoms with Crippen LogP contribution in [0.5, 0.6) is 0 Å². The summed E-state index contributed by atoms with van der Waals surface area (Å²) in [5.74, 6) is -0.911. The lowest BCUT2D eigenvalue weighted by atomic mass is 9.83. The number of rotatable bonds is 10. The second-order valence-electron chi connectivity index (χ2n) is 10.9. The second-order valence-corrected chi connectivity index (χ2v) is 11.8. The normalized spacial score (nSPS) is 17.1. The summed E-state index contributed by atoms with van der Waals surface area (Å²) in [6, 6.07) is 20.2. The standard InChI is InChI=1S/C33H31BrN6O4/c1-22(6-4-5-16-38-21-26(15-17-41)36-37-38)33(44)29-18-25(34)11-14-30(29)39(32(33)43)20-23-9-12-27(13-10-23)40-31(42)28-8-3-2-7-24(28)19-35-40/h2-4,6-14,18-19,21-22,41,44H,5,15-17,20H2,1H3/b6-4+/t22-,33+/m1/s1. The van der Waals surface area contributed by atoms with Gasteiger partial charge in [0.1, 0.15) is 0 Å². The smallest absolute Gasteiger partial charge is 0.279 e. The number of aliphatic hydroxyl groups is 2. The lowest BCUT2D eigenvalue weighted by molar-refractivity contribution is -0.139. The Morgan fingerprint density at radius 2 is 1.86 bits per heavy atom. The quantitative estimate of drug-likeness (QED) is 0.215. The second kappa shape index (κ2) is 12.3. The van der Waals surface area contributed by atoms with Crippen LogP contribution in [0.15, 0.2) is 101 Å². The van der Waals surface area contributed by atoms with Gasteiger partial charge in [-0.25, -0.2) is 0 Å². The first kappa shape index (κ1) is 29.6. The van der Waals surface area contributed by atoms with Gasteiger partial charge in [-0.15, -0.1) is 5.10 Å². The zero-order valence-electron chi connectivity index (χ0n) is 24.0. The average molecular weight is 656 g/mol.